The number of hydrogen-bond acceptors (Lipinski definition) is 8. The van der Waals surface area contributed by atoms with E-state index in [-0.39, 0.29) is 41.7 Å². The van der Waals surface area contributed by atoms with Crippen molar-refractivity contribution in [2.45, 2.75) is 78.3 Å². The average molecular weight is 465 g/mol. The van der Waals surface area contributed by atoms with Crippen LogP contribution in [-0.4, -0.2) is 54.7 Å². The third-order valence-corrected chi connectivity index (χ3v) is 9.07. The SMILES string of the molecule is CO[C@@]12C[C@H]3[C@@H]([C@@H](O)[C@@H](OC(C)=O)[C@H]4[C@](C)(COC(C)=O)CCC[C@]34C)[C@@H](C)C1=CC(=O)O2. The highest BCUT2D eigenvalue weighted by Crippen LogP contribution is 2.67. The largest absolute Gasteiger partial charge is 0.465 e. The van der Waals surface area contributed by atoms with E-state index in [1.807, 2.05) is 6.92 Å². The predicted molar refractivity (Wildman–Crippen MR) is 116 cm³/mol. The van der Waals surface area contributed by atoms with Crippen LogP contribution in [0.3, 0.4) is 0 Å². The van der Waals surface area contributed by atoms with Crippen LogP contribution in [-0.2, 0) is 33.3 Å². The number of carbonyl (C=O) groups excluding carboxylic acids is 3. The minimum absolute atomic E-state index is 0.0562. The lowest BCUT2D eigenvalue weighted by Gasteiger charge is -2.66. The van der Waals surface area contributed by atoms with Gasteiger partial charge in [0.2, 0.25) is 5.79 Å². The molecule has 0 aromatic rings. The molecular formula is C25H36O8. The van der Waals surface area contributed by atoms with Crippen molar-refractivity contribution < 1.29 is 38.4 Å². The second kappa shape index (κ2) is 8.08. The fourth-order valence-electron chi connectivity index (χ4n) is 7.90. The number of ether oxygens (including phenoxy) is 4. The lowest BCUT2D eigenvalue weighted by atomic mass is 9.41. The number of methoxy groups -OCH3 is 1. The Labute approximate surface area is 195 Å². The van der Waals surface area contributed by atoms with Gasteiger partial charge in [0.05, 0.1) is 12.7 Å². The Balaban J connectivity index is 1.83. The Kier molecular flexibility index (Phi) is 5.93. The van der Waals surface area contributed by atoms with Crippen molar-refractivity contribution in [2.24, 2.45) is 34.5 Å². The molecule has 3 saturated carbocycles. The third kappa shape index (κ3) is 3.60. The lowest BCUT2D eigenvalue weighted by Crippen LogP contribution is -2.68. The molecule has 3 aliphatic carbocycles. The van der Waals surface area contributed by atoms with Gasteiger partial charge in [0.15, 0.2) is 0 Å². The molecule has 1 N–H and O–H groups in total. The smallest absolute Gasteiger partial charge is 0.333 e. The molecule has 0 radical (unpaired) electrons. The monoisotopic (exact) mass is 464 g/mol. The molecule has 9 atom stereocenters. The number of aliphatic hydroxyl groups excluding tert-OH is 1. The van der Waals surface area contributed by atoms with Crippen molar-refractivity contribution >= 4 is 17.9 Å². The molecule has 1 heterocycles. The van der Waals surface area contributed by atoms with Crippen LogP contribution in [0.2, 0.25) is 0 Å². The van der Waals surface area contributed by atoms with E-state index in [1.54, 1.807) is 7.11 Å². The molecule has 8 nitrogen and oxygen atoms in total. The van der Waals surface area contributed by atoms with E-state index in [9.17, 15) is 19.5 Å². The molecule has 4 rings (SSSR count). The second-order valence-corrected chi connectivity index (χ2v) is 11.0. The van der Waals surface area contributed by atoms with Gasteiger partial charge in [0.25, 0.3) is 0 Å². The van der Waals surface area contributed by atoms with E-state index in [0.717, 1.165) is 24.8 Å². The van der Waals surface area contributed by atoms with Crippen molar-refractivity contribution in [2.75, 3.05) is 13.7 Å². The summed E-state index contributed by atoms with van der Waals surface area (Å²) in [6.07, 6.45) is 2.79. The maximum atomic E-state index is 12.3. The first-order valence-corrected chi connectivity index (χ1v) is 11.9. The van der Waals surface area contributed by atoms with Crippen LogP contribution in [0.5, 0.6) is 0 Å². The molecule has 0 unspecified atom stereocenters. The molecule has 0 saturated heterocycles. The molecule has 1 aliphatic heterocycles. The number of carbonyl (C=O) groups is 3. The number of aliphatic hydroxyl groups is 1. The Morgan fingerprint density at radius 3 is 2.52 bits per heavy atom. The van der Waals surface area contributed by atoms with Crippen LogP contribution in [0, 0.1) is 34.5 Å². The molecule has 8 heteroatoms. The van der Waals surface area contributed by atoms with Gasteiger partial charge in [-0.05, 0) is 36.0 Å². The first-order chi connectivity index (χ1) is 15.4. The zero-order valence-corrected chi connectivity index (χ0v) is 20.4. The Bertz CT molecular complexity index is 882. The molecule has 33 heavy (non-hydrogen) atoms. The zero-order valence-electron chi connectivity index (χ0n) is 20.4. The highest BCUT2D eigenvalue weighted by Gasteiger charge is 2.69. The first-order valence-electron chi connectivity index (χ1n) is 11.9. The molecule has 0 aromatic carbocycles. The summed E-state index contributed by atoms with van der Waals surface area (Å²) < 4.78 is 22.9. The lowest BCUT2D eigenvalue weighted by molar-refractivity contribution is -0.274. The van der Waals surface area contributed by atoms with Crippen molar-refractivity contribution in [3.05, 3.63) is 11.6 Å². The summed E-state index contributed by atoms with van der Waals surface area (Å²) >= 11 is 0. The van der Waals surface area contributed by atoms with Crippen LogP contribution < -0.4 is 0 Å². The Morgan fingerprint density at radius 1 is 1.21 bits per heavy atom. The van der Waals surface area contributed by atoms with Crippen molar-refractivity contribution in [3.63, 3.8) is 0 Å². The highest BCUT2D eigenvalue weighted by molar-refractivity contribution is 5.86. The van der Waals surface area contributed by atoms with E-state index in [2.05, 4.69) is 13.8 Å². The summed E-state index contributed by atoms with van der Waals surface area (Å²) in [5, 5.41) is 11.7. The van der Waals surface area contributed by atoms with Gasteiger partial charge < -0.3 is 24.1 Å². The Hall–Kier alpha value is -1.93. The molecule has 0 spiro atoms. The van der Waals surface area contributed by atoms with Crippen LogP contribution in [0.15, 0.2) is 11.6 Å². The number of rotatable bonds is 4. The summed E-state index contributed by atoms with van der Waals surface area (Å²) in [5.41, 5.74) is -0.119. The first kappa shape index (κ1) is 24.2. The number of esters is 3. The fraction of sp³-hybridized carbons (Fsp3) is 0.800. The number of hydrogen-bond donors (Lipinski definition) is 1. The molecule has 0 aromatic heterocycles. The molecule has 184 valence electrons. The zero-order chi connectivity index (χ0) is 24.3. The van der Waals surface area contributed by atoms with Gasteiger partial charge >= 0.3 is 17.9 Å². The van der Waals surface area contributed by atoms with E-state index >= 15 is 0 Å². The van der Waals surface area contributed by atoms with Gasteiger partial charge in [-0.3, -0.25) is 9.59 Å². The standard InChI is InChI=1S/C25H36O8/c1-13-16-10-18(28)33-25(16,30-6)11-17-19(13)20(29)21(32-15(3)27)22-23(4,12-31-14(2)26)8-7-9-24(17,22)5/h10,13,17,19-22,29H,7-9,11-12H2,1-6H3/t13-,17-,19-,20+,21+,22-,23-,24+,25+/m0/s1. The maximum absolute atomic E-state index is 12.3. The van der Waals surface area contributed by atoms with Crippen LogP contribution >= 0.6 is 0 Å². The van der Waals surface area contributed by atoms with E-state index in [1.165, 1.54) is 19.9 Å². The molecule has 3 fully saturated rings. The van der Waals surface area contributed by atoms with Crippen molar-refractivity contribution in [3.8, 4) is 0 Å². The van der Waals surface area contributed by atoms with Crippen LogP contribution in [0.4, 0.5) is 0 Å². The average Bonchev–Trinajstić information content (AvgIpc) is 3.07. The van der Waals surface area contributed by atoms with Gasteiger partial charge in [-0.25, -0.2) is 4.79 Å². The summed E-state index contributed by atoms with van der Waals surface area (Å²) in [5.74, 6) is -3.14. The van der Waals surface area contributed by atoms with E-state index in [4.69, 9.17) is 18.9 Å². The van der Waals surface area contributed by atoms with Gasteiger partial charge in [-0.1, -0.05) is 27.2 Å². The van der Waals surface area contributed by atoms with Crippen molar-refractivity contribution in [1.29, 1.82) is 0 Å². The molecule has 0 bridgehead atoms. The normalized spacial score (nSPS) is 46.3. The van der Waals surface area contributed by atoms with Gasteiger partial charge in [-0.15, -0.1) is 0 Å². The maximum Gasteiger partial charge on any atom is 0.333 e. The summed E-state index contributed by atoms with van der Waals surface area (Å²) in [7, 11) is 1.55. The summed E-state index contributed by atoms with van der Waals surface area (Å²) in [6, 6.07) is 0. The minimum atomic E-state index is -1.14. The van der Waals surface area contributed by atoms with Gasteiger partial charge in [0.1, 0.15) is 6.10 Å². The third-order valence-electron chi connectivity index (χ3n) is 9.07. The molecular weight excluding hydrogens is 428 g/mol. The molecule has 4 aliphatic rings. The van der Waals surface area contributed by atoms with Gasteiger partial charge in [0, 0.05) is 50.4 Å². The van der Waals surface area contributed by atoms with E-state index < -0.39 is 35.3 Å². The minimum Gasteiger partial charge on any atom is -0.465 e. The fourth-order valence-corrected chi connectivity index (χ4v) is 7.90. The van der Waals surface area contributed by atoms with Crippen LogP contribution in [0.1, 0.15) is 60.3 Å². The van der Waals surface area contributed by atoms with Gasteiger partial charge in [-0.2, -0.15) is 0 Å². The predicted octanol–water partition coefficient (Wildman–Crippen LogP) is 2.77. The molecule has 0 amide bonds. The van der Waals surface area contributed by atoms with Crippen molar-refractivity contribution in [1.82, 2.24) is 0 Å². The summed E-state index contributed by atoms with van der Waals surface area (Å²) in [4.78, 5) is 36.1. The van der Waals surface area contributed by atoms with Crippen LogP contribution in [0.25, 0.3) is 0 Å². The quantitative estimate of drug-likeness (QED) is 0.500. The highest BCUT2D eigenvalue weighted by atomic mass is 16.7. The van der Waals surface area contributed by atoms with E-state index in [0.29, 0.717) is 6.42 Å². The summed E-state index contributed by atoms with van der Waals surface area (Å²) in [6.45, 7) is 9.15. The topological polar surface area (TPSA) is 108 Å². The number of fused-ring (bicyclic) bond motifs is 4. The second-order valence-electron chi connectivity index (χ2n) is 11.0. The Morgan fingerprint density at radius 2 is 1.91 bits per heavy atom.